The number of anilines is 1. The number of aromatic nitrogens is 1. The molecule has 0 saturated carbocycles. The van der Waals surface area contributed by atoms with Gasteiger partial charge in [0.25, 0.3) is 5.56 Å². The number of H-pyrrole nitrogens is 1. The molecule has 0 fully saturated rings. The molecule has 0 bridgehead atoms. The first-order valence-electron chi connectivity index (χ1n) is 7.36. The molecule has 1 aliphatic heterocycles. The number of hydrogen-bond donors (Lipinski definition) is 1. The lowest BCUT2D eigenvalue weighted by Gasteiger charge is -2.13. The molecule has 0 aliphatic carbocycles. The Morgan fingerprint density at radius 3 is 2.65 bits per heavy atom. The Labute approximate surface area is 133 Å². The predicted molar refractivity (Wildman–Crippen MR) is 90.5 cm³/mol. The summed E-state index contributed by atoms with van der Waals surface area (Å²) >= 11 is 0. The minimum atomic E-state index is -0.0983. The van der Waals surface area contributed by atoms with Crippen LogP contribution in [0, 0.1) is 0 Å². The molecule has 1 aromatic heterocycles. The van der Waals surface area contributed by atoms with Crippen molar-refractivity contribution in [2.45, 2.75) is 0 Å². The molecule has 4 rings (SSSR count). The van der Waals surface area contributed by atoms with Gasteiger partial charge in [-0.25, -0.2) is 0 Å². The monoisotopic (exact) mass is 308 g/mol. The lowest BCUT2D eigenvalue weighted by Crippen LogP contribution is -2.11. The van der Waals surface area contributed by atoms with E-state index >= 15 is 0 Å². The molecule has 0 spiro atoms. The van der Waals surface area contributed by atoms with Gasteiger partial charge >= 0.3 is 0 Å². The number of hydrogen-bond acceptors (Lipinski definition) is 4. The maximum atomic E-state index is 12.5. The van der Waals surface area contributed by atoms with Crippen LogP contribution in [0.15, 0.2) is 47.3 Å². The Balaban J connectivity index is 1.85. The van der Waals surface area contributed by atoms with Crippen molar-refractivity contribution < 1.29 is 9.47 Å². The maximum absolute atomic E-state index is 12.5. The summed E-state index contributed by atoms with van der Waals surface area (Å²) in [7, 11) is 3.91. The molecule has 5 heteroatoms. The molecule has 0 saturated heterocycles. The quantitative estimate of drug-likeness (QED) is 0.791. The van der Waals surface area contributed by atoms with Crippen LogP contribution in [-0.2, 0) is 0 Å². The van der Waals surface area contributed by atoms with Crippen molar-refractivity contribution in [3.63, 3.8) is 0 Å². The van der Waals surface area contributed by atoms with Crippen molar-refractivity contribution in [1.82, 2.24) is 4.98 Å². The maximum Gasteiger partial charge on any atom is 0.256 e. The molecule has 23 heavy (non-hydrogen) atoms. The Morgan fingerprint density at radius 1 is 1.00 bits per heavy atom. The van der Waals surface area contributed by atoms with Crippen molar-refractivity contribution in [1.29, 1.82) is 0 Å². The molecule has 5 nitrogen and oxygen atoms in total. The van der Waals surface area contributed by atoms with Gasteiger partial charge in [0.2, 0.25) is 6.79 Å². The topological polar surface area (TPSA) is 54.6 Å². The van der Waals surface area contributed by atoms with E-state index in [1.54, 1.807) is 0 Å². The standard InChI is InChI=1S/C18H16N2O3/c1-20(2)13-5-3-11-7-15(19-18(21)14(11)9-13)12-4-6-16-17(8-12)23-10-22-16/h3-9H,10H2,1-2H3,(H,19,21). The van der Waals surface area contributed by atoms with Crippen LogP contribution in [0.3, 0.4) is 0 Å². The highest BCUT2D eigenvalue weighted by Gasteiger charge is 2.14. The average Bonchev–Trinajstić information content (AvgIpc) is 3.01. The number of rotatable bonds is 2. The number of aromatic amines is 1. The first-order chi connectivity index (χ1) is 11.1. The third-order valence-electron chi connectivity index (χ3n) is 4.03. The molecular formula is C18H16N2O3. The predicted octanol–water partition coefficient (Wildman–Crippen LogP) is 2.99. The Hall–Kier alpha value is -2.95. The minimum Gasteiger partial charge on any atom is -0.454 e. The van der Waals surface area contributed by atoms with E-state index in [0.717, 1.165) is 28.1 Å². The van der Waals surface area contributed by atoms with Gasteiger partial charge in [-0.15, -0.1) is 0 Å². The van der Waals surface area contributed by atoms with Crippen LogP contribution in [0.1, 0.15) is 0 Å². The summed E-state index contributed by atoms with van der Waals surface area (Å²) in [6.07, 6.45) is 0. The van der Waals surface area contributed by atoms with Gasteiger partial charge in [0.15, 0.2) is 11.5 Å². The third kappa shape index (κ3) is 2.30. The molecule has 0 atom stereocenters. The zero-order chi connectivity index (χ0) is 16.0. The van der Waals surface area contributed by atoms with E-state index in [0.29, 0.717) is 11.1 Å². The number of benzene rings is 2. The summed E-state index contributed by atoms with van der Waals surface area (Å²) in [5.41, 5.74) is 2.56. The highest BCUT2D eigenvalue weighted by atomic mass is 16.7. The zero-order valence-corrected chi connectivity index (χ0v) is 12.9. The smallest absolute Gasteiger partial charge is 0.256 e. The fourth-order valence-electron chi connectivity index (χ4n) is 2.75. The summed E-state index contributed by atoms with van der Waals surface area (Å²) in [5, 5.41) is 1.59. The normalized spacial score (nSPS) is 12.6. The van der Waals surface area contributed by atoms with E-state index in [9.17, 15) is 4.79 Å². The van der Waals surface area contributed by atoms with Gasteiger partial charge in [0.05, 0.1) is 0 Å². The molecule has 0 radical (unpaired) electrons. The van der Waals surface area contributed by atoms with E-state index in [1.807, 2.05) is 61.5 Å². The highest BCUT2D eigenvalue weighted by molar-refractivity contribution is 5.88. The van der Waals surface area contributed by atoms with Crippen LogP contribution in [0.4, 0.5) is 5.69 Å². The molecule has 1 N–H and O–H groups in total. The summed E-state index contributed by atoms with van der Waals surface area (Å²) in [6.45, 7) is 0.236. The fraction of sp³-hybridized carbons (Fsp3) is 0.167. The third-order valence-corrected chi connectivity index (χ3v) is 4.03. The summed E-state index contributed by atoms with van der Waals surface area (Å²) < 4.78 is 10.7. The second kappa shape index (κ2) is 5.05. The van der Waals surface area contributed by atoms with Gasteiger partial charge in [-0.1, -0.05) is 6.07 Å². The van der Waals surface area contributed by atoms with Crippen LogP contribution in [-0.4, -0.2) is 25.9 Å². The van der Waals surface area contributed by atoms with Gasteiger partial charge in [-0.2, -0.15) is 0 Å². The largest absolute Gasteiger partial charge is 0.454 e. The second-order valence-electron chi connectivity index (χ2n) is 5.75. The average molecular weight is 308 g/mol. The van der Waals surface area contributed by atoms with Crippen molar-refractivity contribution in [2.24, 2.45) is 0 Å². The van der Waals surface area contributed by atoms with Crippen molar-refractivity contribution >= 4 is 16.5 Å². The number of nitrogens with zero attached hydrogens (tertiary/aromatic N) is 1. The number of fused-ring (bicyclic) bond motifs is 2. The molecule has 0 unspecified atom stereocenters. The summed E-state index contributed by atoms with van der Waals surface area (Å²) in [5.74, 6) is 1.43. The fourth-order valence-corrected chi connectivity index (χ4v) is 2.75. The summed E-state index contributed by atoms with van der Waals surface area (Å²) in [4.78, 5) is 17.4. The second-order valence-corrected chi connectivity index (χ2v) is 5.75. The summed E-state index contributed by atoms with van der Waals surface area (Å²) in [6, 6.07) is 13.5. The molecular weight excluding hydrogens is 292 g/mol. The van der Waals surface area contributed by atoms with Gasteiger partial charge < -0.3 is 19.4 Å². The van der Waals surface area contributed by atoms with Gasteiger partial charge in [-0.3, -0.25) is 4.79 Å². The zero-order valence-electron chi connectivity index (χ0n) is 12.9. The van der Waals surface area contributed by atoms with Crippen LogP contribution in [0.5, 0.6) is 11.5 Å². The SMILES string of the molecule is CN(C)c1ccc2cc(-c3ccc4c(c3)OCO4)[nH]c(=O)c2c1. The molecule has 0 amide bonds. The number of nitrogens with one attached hydrogen (secondary N) is 1. The lowest BCUT2D eigenvalue weighted by atomic mass is 10.1. The lowest BCUT2D eigenvalue weighted by molar-refractivity contribution is 0.174. The Kier molecular flexibility index (Phi) is 3.01. The molecule has 2 aromatic carbocycles. The minimum absolute atomic E-state index is 0.0983. The van der Waals surface area contributed by atoms with E-state index in [-0.39, 0.29) is 12.4 Å². The van der Waals surface area contributed by atoms with E-state index in [2.05, 4.69) is 4.98 Å². The van der Waals surface area contributed by atoms with Gasteiger partial charge in [-0.05, 0) is 41.8 Å². The van der Waals surface area contributed by atoms with Gasteiger partial charge in [0.1, 0.15) is 0 Å². The van der Waals surface area contributed by atoms with Crippen molar-refractivity contribution in [3.8, 4) is 22.8 Å². The molecule has 3 aromatic rings. The Morgan fingerprint density at radius 2 is 1.83 bits per heavy atom. The first-order valence-corrected chi connectivity index (χ1v) is 7.36. The molecule has 1 aliphatic rings. The van der Waals surface area contributed by atoms with Crippen LogP contribution in [0.2, 0.25) is 0 Å². The number of pyridine rings is 1. The van der Waals surface area contributed by atoms with Crippen LogP contribution < -0.4 is 19.9 Å². The highest BCUT2D eigenvalue weighted by Crippen LogP contribution is 2.35. The van der Waals surface area contributed by atoms with Crippen molar-refractivity contribution in [3.05, 3.63) is 52.8 Å². The van der Waals surface area contributed by atoms with E-state index in [1.165, 1.54) is 0 Å². The van der Waals surface area contributed by atoms with Crippen LogP contribution in [0.25, 0.3) is 22.0 Å². The first kappa shape index (κ1) is 13.7. The van der Waals surface area contributed by atoms with Crippen LogP contribution >= 0.6 is 0 Å². The van der Waals surface area contributed by atoms with E-state index in [4.69, 9.17) is 9.47 Å². The van der Waals surface area contributed by atoms with E-state index < -0.39 is 0 Å². The Bertz CT molecular complexity index is 960. The number of ether oxygens (including phenoxy) is 2. The molecule has 116 valence electrons. The molecule has 2 heterocycles. The van der Waals surface area contributed by atoms with Gasteiger partial charge in [0, 0.05) is 36.4 Å². The van der Waals surface area contributed by atoms with Crippen molar-refractivity contribution in [2.75, 3.05) is 25.8 Å².